The molecule has 11 heavy (non-hydrogen) atoms. The van der Waals surface area contributed by atoms with Crippen molar-refractivity contribution in [3.63, 3.8) is 0 Å². The number of halogens is 1. The molecule has 0 unspecified atom stereocenters. The lowest BCUT2D eigenvalue weighted by Crippen LogP contribution is -2.02. The third-order valence-electron chi connectivity index (χ3n) is 1.16. The maximum absolute atomic E-state index is 10.6. The van der Waals surface area contributed by atoms with Crippen molar-refractivity contribution < 1.29 is 14.4 Å². The summed E-state index contributed by atoms with van der Waals surface area (Å²) in [6.45, 7) is 0. The zero-order valence-corrected chi connectivity index (χ0v) is 8.49. The van der Waals surface area contributed by atoms with Crippen LogP contribution in [0.25, 0.3) is 0 Å². The molecule has 0 aliphatic heterocycles. The third kappa shape index (κ3) is 2.56. The van der Waals surface area contributed by atoms with Crippen LogP contribution in [-0.2, 0) is 4.57 Å². The molecule has 3 nitrogen and oxygen atoms in total. The fourth-order valence-electron chi connectivity index (χ4n) is 0.635. The molecule has 5 heteroatoms. The first-order chi connectivity index (χ1) is 5.00. The molecule has 0 aliphatic carbocycles. The second-order valence-electron chi connectivity index (χ2n) is 2.02. The van der Waals surface area contributed by atoms with Crippen molar-refractivity contribution >= 4 is 35.5 Å². The van der Waals surface area contributed by atoms with Crippen LogP contribution in [0, 0.1) is 3.57 Å². The van der Waals surface area contributed by atoms with Crippen LogP contribution in [0.2, 0.25) is 0 Å². The van der Waals surface area contributed by atoms with E-state index in [-0.39, 0.29) is 5.30 Å². The Bertz CT molecular complexity index is 289. The summed E-state index contributed by atoms with van der Waals surface area (Å²) in [5, 5.41) is 0.0675. The van der Waals surface area contributed by atoms with Crippen molar-refractivity contribution in [2.24, 2.45) is 0 Å². The molecule has 0 saturated heterocycles. The lowest BCUT2D eigenvalue weighted by Gasteiger charge is -2.01. The lowest BCUT2D eigenvalue weighted by atomic mass is 10.4. The van der Waals surface area contributed by atoms with Crippen LogP contribution in [0.5, 0.6) is 0 Å². The summed E-state index contributed by atoms with van der Waals surface area (Å²) in [5.41, 5.74) is 0. The molecule has 0 aromatic heterocycles. The van der Waals surface area contributed by atoms with Crippen LogP contribution < -0.4 is 5.30 Å². The molecule has 0 spiro atoms. The van der Waals surface area contributed by atoms with Crippen LogP contribution in [0.15, 0.2) is 24.3 Å². The van der Waals surface area contributed by atoms with Crippen LogP contribution in [-0.4, -0.2) is 9.79 Å². The fourth-order valence-corrected chi connectivity index (χ4v) is 1.53. The Morgan fingerprint density at radius 1 is 1.18 bits per heavy atom. The van der Waals surface area contributed by atoms with Crippen molar-refractivity contribution in [2.75, 3.05) is 0 Å². The fraction of sp³-hybridized carbons (Fsp3) is 0. The molecular formula is C6H6IO3P. The highest BCUT2D eigenvalue weighted by Crippen LogP contribution is 2.32. The molecule has 2 N–H and O–H groups in total. The van der Waals surface area contributed by atoms with Gasteiger partial charge in [0.2, 0.25) is 0 Å². The molecule has 0 fully saturated rings. The van der Waals surface area contributed by atoms with E-state index in [0.717, 1.165) is 3.57 Å². The highest BCUT2D eigenvalue weighted by Gasteiger charge is 2.15. The zero-order chi connectivity index (χ0) is 8.48. The Morgan fingerprint density at radius 3 is 2.00 bits per heavy atom. The van der Waals surface area contributed by atoms with Gasteiger partial charge < -0.3 is 9.79 Å². The molecule has 60 valence electrons. The number of rotatable bonds is 1. The van der Waals surface area contributed by atoms with Crippen LogP contribution in [0.3, 0.4) is 0 Å². The van der Waals surface area contributed by atoms with E-state index in [1.807, 2.05) is 0 Å². The van der Waals surface area contributed by atoms with E-state index in [0.29, 0.717) is 0 Å². The van der Waals surface area contributed by atoms with Gasteiger partial charge in [0.1, 0.15) is 0 Å². The van der Waals surface area contributed by atoms with Gasteiger partial charge in [-0.1, -0.05) is 0 Å². The summed E-state index contributed by atoms with van der Waals surface area (Å²) in [6.07, 6.45) is 0. The molecule has 1 rings (SSSR count). The highest BCUT2D eigenvalue weighted by molar-refractivity contribution is 14.1. The summed E-state index contributed by atoms with van der Waals surface area (Å²) in [5.74, 6) is 0. The minimum absolute atomic E-state index is 0.0675. The second kappa shape index (κ2) is 3.23. The molecule has 1 aromatic rings. The van der Waals surface area contributed by atoms with Gasteiger partial charge in [-0.15, -0.1) is 0 Å². The van der Waals surface area contributed by atoms with Crippen LogP contribution >= 0.6 is 30.2 Å². The van der Waals surface area contributed by atoms with E-state index in [1.165, 1.54) is 12.1 Å². The molecule has 1 aromatic carbocycles. The Hall–Kier alpha value is 0.1000. The van der Waals surface area contributed by atoms with Crippen molar-refractivity contribution in [3.05, 3.63) is 27.8 Å². The van der Waals surface area contributed by atoms with Crippen molar-refractivity contribution in [1.82, 2.24) is 0 Å². The molecule has 0 amide bonds. The normalized spacial score (nSPS) is 11.5. The predicted molar refractivity (Wildman–Crippen MR) is 50.8 cm³/mol. The Balaban J connectivity index is 3.09. The maximum atomic E-state index is 10.6. The summed E-state index contributed by atoms with van der Waals surface area (Å²) < 4.78 is 11.6. The second-order valence-corrected chi connectivity index (χ2v) is 4.87. The van der Waals surface area contributed by atoms with E-state index in [9.17, 15) is 4.57 Å². The van der Waals surface area contributed by atoms with Gasteiger partial charge in [-0.05, 0) is 46.9 Å². The predicted octanol–water partition coefficient (Wildman–Crippen LogP) is 1.09. The summed E-state index contributed by atoms with van der Waals surface area (Å²) in [6, 6.07) is 6.19. The smallest absolute Gasteiger partial charge is 0.321 e. The molecule has 0 atom stereocenters. The van der Waals surface area contributed by atoms with Crippen LogP contribution in [0.4, 0.5) is 0 Å². The van der Waals surface area contributed by atoms with Crippen molar-refractivity contribution in [2.45, 2.75) is 0 Å². The molecule has 0 saturated carbocycles. The van der Waals surface area contributed by atoms with Crippen LogP contribution in [0.1, 0.15) is 0 Å². The largest absolute Gasteiger partial charge is 0.356 e. The molecule has 0 aliphatic rings. The number of hydrogen-bond donors (Lipinski definition) is 2. The summed E-state index contributed by atoms with van der Waals surface area (Å²) in [7, 11) is -4.04. The lowest BCUT2D eigenvalue weighted by molar-refractivity contribution is 0.387. The third-order valence-corrected chi connectivity index (χ3v) is 2.85. The van der Waals surface area contributed by atoms with E-state index in [2.05, 4.69) is 22.6 Å². The first-order valence-electron chi connectivity index (χ1n) is 2.82. The van der Waals surface area contributed by atoms with Gasteiger partial charge in [-0.3, -0.25) is 4.57 Å². The van der Waals surface area contributed by atoms with E-state index >= 15 is 0 Å². The summed E-state index contributed by atoms with van der Waals surface area (Å²) >= 11 is 2.07. The van der Waals surface area contributed by atoms with Gasteiger partial charge in [-0.25, -0.2) is 0 Å². The zero-order valence-electron chi connectivity index (χ0n) is 5.44. The minimum atomic E-state index is -4.04. The Kier molecular flexibility index (Phi) is 2.70. The SMILES string of the molecule is O=P(O)(O)c1ccc(I)cc1. The summed E-state index contributed by atoms with van der Waals surface area (Å²) in [4.78, 5) is 17.4. The van der Waals surface area contributed by atoms with Gasteiger partial charge in [0.05, 0.1) is 5.30 Å². The average Bonchev–Trinajstić information content (AvgIpc) is 1.86. The quantitative estimate of drug-likeness (QED) is 0.599. The topological polar surface area (TPSA) is 57.5 Å². The molecule has 0 bridgehead atoms. The molecular weight excluding hydrogens is 278 g/mol. The van der Waals surface area contributed by atoms with Gasteiger partial charge in [0.25, 0.3) is 0 Å². The van der Waals surface area contributed by atoms with E-state index < -0.39 is 7.60 Å². The first kappa shape index (κ1) is 9.19. The Morgan fingerprint density at radius 2 is 1.64 bits per heavy atom. The van der Waals surface area contributed by atoms with E-state index in [4.69, 9.17) is 9.79 Å². The maximum Gasteiger partial charge on any atom is 0.356 e. The van der Waals surface area contributed by atoms with Crippen molar-refractivity contribution in [1.29, 1.82) is 0 Å². The van der Waals surface area contributed by atoms with E-state index in [1.54, 1.807) is 12.1 Å². The monoisotopic (exact) mass is 284 g/mol. The minimum Gasteiger partial charge on any atom is -0.321 e. The van der Waals surface area contributed by atoms with Gasteiger partial charge in [-0.2, -0.15) is 0 Å². The first-order valence-corrected chi connectivity index (χ1v) is 5.51. The van der Waals surface area contributed by atoms with Gasteiger partial charge >= 0.3 is 7.60 Å². The van der Waals surface area contributed by atoms with Gasteiger partial charge in [0.15, 0.2) is 0 Å². The van der Waals surface area contributed by atoms with Crippen molar-refractivity contribution in [3.8, 4) is 0 Å². The standard InChI is InChI=1S/C6H6IO3P/c7-5-1-3-6(4-2-5)11(8,9)10/h1-4H,(H2,8,9,10). The number of hydrogen-bond acceptors (Lipinski definition) is 1. The molecule has 0 heterocycles. The average molecular weight is 284 g/mol. The highest BCUT2D eigenvalue weighted by atomic mass is 127. The number of benzene rings is 1. The Labute approximate surface area is 77.7 Å². The molecule has 0 radical (unpaired) electrons. The van der Waals surface area contributed by atoms with Gasteiger partial charge in [0, 0.05) is 3.57 Å².